The van der Waals surface area contributed by atoms with Crippen molar-refractivity contribution in [1.82, 2.24) is 5.32 Å². The first-order valence-corrected chi connectivity index (χ1v) is 7.86. The predicted molar refractivity (Wildman–Crippen MR) is 81.7 cm³/mol. The number of benzene rings is 1. The van der Waals surface area contributed by atoms with Gasteiger partial charge in [-0.25, -0.2) is 0 Å². The third-order valence-electron chi connectivity index (χ3n) is 5.36. The zero-order valence-corrected chi connectivity index (χ0v) is 12.4. The van der Waals surface area contributed by atoms with Crippen LogP contribution in [-0.4, -0.2) is 23.8 Å². The standard InChI is InChI=1S/C18H19NO3/c1-2-9-19-17(21)15-12-7-8-18(16(12)15)10-13(20)11-5-3-4-6-14(11)22-18/h2-6,12,15-16H,1,7-10H2,(H,19,21)/t12-,15+,16-,18+/m0/s1. The summed E-state index contributed by atoms with van der Waals surface area (Å²) in [6.07, 6.45) is 3.92. The third-order valence-corrected chi connectivity index (χ3v) is 5.36. The Hall–Kier alpha value is -2.10. The van der Waals surface area contributed by atoms with E-state index in [1.807, 2.05) is 24.3 Å². The Bertz CT molecular complexity index is 668. The predicted octanol–water partition coefficient (Wildman–Crippen LogP) is 2.35. The average Bonchev–Trinajstić information content (AvgIpc) is 3.17. The molecule has 4 atom stereocenters. The maximum Gasteiger partial charge on any atom is 0.224 e. The highest BCUT2D eigenvalue weighted by molar-refractivity contribution is 6.00. The third kappa shape index (κ3) is 1.83. The number of nitrogens with one attached hydrogen (secondary N) is 1. The number of amides is 1. The number of hydrogen-bond acceptors (Lipinski definition) is 3. The van der Waals surface area contributed by atoms with Gasteiger partial charge in [0.25, 0.3) is 0 Å². The molecule has 1 heterocycles. The SMILES string of the molecule is C=CCNC(=O)[C@@H]1[C@@H]2CC[C@@]3(CC(=O)c4ccccc4O3)[C@@H]21. The summed E-state index contributed by atoms with van der Waals surface area (Å²) < 4.78 is 6.27. The minimum atomic E-state index is -0.466. The molecule has 2 fully saturated rings. The van der Waals surface area contributed by atoms with Crippen molar-refractivity contribution < 1.29 is 14.3 Å². The summed E-state index contributed by atoms with van der Waals surface area (Å²) in [5.74, 6) is 1.42. The van der Waals surface area contributed by atoms with Crippen LogP contribution in [0.5, 0.6) is 5.75 Å². The number of rotatable bonds is 3. The molecule has 2 aliphatic carbocycles. The van der Waals surface area contributed by atoms with Crippen LogP contribution < -0.4 is 10.1 Å². The van der Waals surface area contributed by atoms with Gasteiger partial charge in [-0.1, -0.05) is 18.2 Å². The molecule has 4 heteroatoms. The molecule has 0 aromatic heterocycles. The molecule has 22 heavy (non-hydrogen) atoms. The fraction of sp³-hybridized carbons (Fsp3) is 0.444. The topological polar surface area (TPSA) is 55.4 Å². The van der Waals surface area contributed by atoms with Crippen LogP contribution in [0.1, 0.15) is 29.6 Å². The number of carbonyl (C=O) groups is 2. The second-order valence-corrected chi connectivity index (χ2v) is 6.55. The molecule has 1 aliphatic heterocycles. The highest BCUT2D eigenvalue weighted by Gasteiger charge is 2.70. The molecule has 0 saturated heterocycles. The highest BCUT2D eigenvalue weighted by Crippen LogP contribution is 2.65. The Morgan fingerprint density at radius 3 is 3.09 bits per heavy atom. The maximum absolute atomic E-state index is 12.5. The minimum absolute atomic E-state index is 0.00763. The summed E-state index contributed by atoms with van der Waals surface area (Å²) >= 11 is 0. The van der Waals surface area contributed by atoms with E-state index in [0.717, 1.165) is 12.8 Å². The summed E-state index contributed by atoms with van der Waals surface area (Å²) in [4.78, 5) is 24.7. The highest BCUT2D eigenvalue weighted by atomic mass is 16.5. The number of para-hydroxylation sites is 1. The average molecular weight is 297 g/mol. The number of ether oxygens (including phenoxy) is 1. The van der Waals surface area contributed by atoms with Gasteiger partial charge in [0.1, 0.15) is 11.4 Å². The zero-order valence-electron chi connectivity index (χ0n) is 12.4. The van der Waals surface area contributed by atoms with Crippen LogP contribution in [0.25, 0.3) is 0 Å². The summed E-state index contributed by atoms with van der Waals surface area (Å²) in [5, 5.41) is 2.88. The van der Waals surface area contributed by atoms with Crippen molar-refractivity contribution in [3.05, 3.63) is 42.5 Å². The van der Waals surface area contributed by atoms with E-state index < -0.39 is 5.60 Å². The molecule has 1 spiro atoms. The normalized spacial score (nSPS) is 34.5. The summed E-state index contributed by atoms with van der Waals surface area (Å²) in [5.41, 5.74) is 0.205. The van der Waals surface area contributed by atoms with Crippen LogP contribution in [0.15, 0.2) is 36.9 Å². The van der Waals surface area contributed by atoms with E-state index in [2.05, 4.69) is 11.9 Å². The summed E-state index contributed by atoms with van der Waals surface area (Å²) in [7, 11) is 0. The molecule has 114 valence electrons. The molecular weight excluding hydrogens is 278 g/mol. The fourth-order valence-electron chi connectivity index (χ4n) is 4.41. The number of hydrogen-bond donors (Lipinski definition) is 1. The van der Waals surface area contributed by atoms with Crippen molar-refractivity contribution in [3.8, 4) is 5.75 Å². The second kappa shape index (κ2) is 4.70. The second-order valence-electron chi connectivity index (χ2n) is 6.55. The van der Waals surface area contributed by atoms with Crippen molar-refractivity contribution >= 4 is 11.7 Å². The lowest BCUT2D eigenvalue weighted by Crippen LogP contribution is -2.44. The molecule has 0 radical (unpaired) electrons. The maximum atomic E-state index is 12.5. The molecular formula is C18H19NO3. The zero-order chi connectivity index (χ0) is 15.3. The Labute approximate surface area is 129 Å². The van der Waals surface area contributed by atoms with Crippen LogP contribution in [0.3, 0.4) is 0 Å². The molecule has 2 saturated carbocycles. The Morgan fingerprint density at radius 1 is 1.45 bits per heavy atom. The Kier molecular flexibility index (Phi) is 2.90. The van der Waals surface area contributed by atoms with Crippen molar-refractivity contribution in [2.45, 2.75) is 24.9 Å². The lowest BCUT2D eigenvalue weighted by molar-refractivity contribution is -0.123. The number of Topliss-reactive ketones (excluding diaryl/α,β-unsaturated/α-hetero) is 1. The van der Waals surface area contributed by atoms with E-state index in [4.69, 9.17) is 4.74 Å². The molecule has 3 aliphatic rings. The molecule has 0 bridgehead atoms. The van der Waals surface area contributed by atoms with Crippen molar-refractivity contribution in [1.29, 1.82) is 0 Å². The van der Waals surface area contributed by atoms with E-state index in [9.17, 15) is 9.59 Å². The quantitative estimate of drug-likeness (QED) is 0.871. The number of carbonyl (C=O) groups excluding carboxylic acids is 2. The van der Waals surface area contributed by atoms with Gasteiger partial charge in [-0.3, -0.25) is 9.59 Å². The number of ketones is 1. The van der Waals surface area contributed by atoms with Crippen LogP contribution in [0.4, 0.5) is 0 Å². The van der Waals surface area contributed by atoms with Gasteiger partial charge >= 0.3 is 0 Å². The van der Waals surface area contributed by atoms with Gasteiger partial charge in [0, 0.05) is 18.4 Å². The fourth-order valence-corrected chi connectivity index (χ4v) is 4.41. The first-order chi connectivity index (χ1) is 10.7. The van der Waals surface area contributed by atoms with E-state index in [1.165, 1.54) is 0 Å². The van der Waals surface area contributed by atoms with Crippen molar-refractivity contribution in [3.63, 3.8) is 0 Å². The molecule has 4 nitrogen and oxygen atoms in total. The molecule has 1 aromatic rings. The summed E-state index contributed by atoms with van der Waals surface area (Å²) in [6, 6.07) is 7.42. The molecule has 1 N–H and O–H groups in total. The van der Waals surface area contributed by atoms with E-state index in [0.29, 0.717) is 30.2 Å². The van der Waals surface area contributed by atoms with Crippen LogP contribution in [-0.2, 0) is 4.79 Å². The molecule has 0 unspecified atom stereocenters. The van der Waals surface area contributed by atoms with Crippen molar-refractivity contribution in [2.24, 2.45) is 17.8 Å². The van der Waals surface area contributed by atoms with E-state index in [1.54, 1.807) is 6.08 Å². The van der Waals surface area contributed by atoms with Crippen LogP contribution in [0, 0.1) is 17.8 Å². The molecule has 4 rings (SSSR count). The number of fused-ring (bicyclic) bond motifs is 3. The molecule has 1 amide bonds. The Morgan fingerprint density at radius 2 is 2.27 bits per heavy atom. The lowest BCUT2D eigenvalue weighted by Gasteiger charge is -2.37. The van der Waals surface area contributed by atoms with Crippen LogP contribution in [0.2, 0.25) is 0 Å². The minimum Gasteiger partial charge on any atom is -0.486 e. The van der Waals surface area contributed by atoms with Crippen molar-refractivity contribution in [2.75, 3.05) is 6.54 Å². The van der Waals surface area contributed by atoms with Gasteiger partial charge in [0.05, 0.1) is 12.0 Å². The van der Waals surface area contributed by atoms with Gasteiger partial charge < -0.3 is 10.1 Å². The van der Waals surface area contributed by atoms with Gasteiger partial charge in [0.2, 0.25) is 5.91 Å². The lowest BCUT2D eigenvalue weighted by atomic mass is 9.84. The first-order valence-electron chi connectivity index (χ1n) is 7.86. The summed E-state index contributed by atoms with van der Waals surface area (Å²) in [6.45, 7) is 4.11. The van der Waals surface area contributed by atoms with Gasteiger partial charge in [-0.2, -0.15) is 0 Å². The molecule has 1 aromatic carbocycles. The van der Waals surface area contributed by atoms with Gasteiger partial charge in [-0.15, -0.1) is 6.58 Å². The van der Waals surface area contributed by atoms with Crippen LogP contribution >= 0.6 is 0 Å². The monoisotopic (exact) mass is 297 g/mol. The van der Waals surface area contributed by atoms with E-state index in [-0.39, 0.29) is 23.5 Å². The smallest absolute Gasteiger partial charge is 0.224 e. The Balaban J connectivity index is 1.58. The van der Waals surface area contributed by atoms with Gasteiger partial charge in [0.15, 0.2) is 5.78 Å². The largest absolute Gasteiger partial charge is 0.486 e. The van der Waals surface area contributed by atoms with E-state index >= 15 is 0 Å². The van der Waals surface area contributed by atoms with Gasteiger partial charge in [-0.05, 0) is 30.9 Å². The first kappa shape index (κ1) is 13.6.